The quantitative estimate of drug-likeness (QED) is 0.700. The molecule has 1 saturated carbocycles. The minimum Gasteiger partial charge on any atom is -0.314 e. The first-order valence-corrected chi connectivity index (χ1v) is 7.48. The minimum atomic E-state index is -2.78. The Morgan fingerprint density at radius 3 is 2.50 bits per heavy atom. The molecule has 1 atom stereocenters. The Hall–Kier alpha value is -0.0900. The third-order valence-electron chi connectivity index (χ3n) is 2.75. The maximum absolute atomic E-state index is 11.0. The number of hydrogen-bond acceptors (Lipinski definition) is 3. The SMILES string of the molecule is CCC(CCS(C)(=O)=O)CNC1CC1. The van der Waals surface area contributed by atoms with Gasteiger partial charge in [-0.2, -0.15) is 0 Å². The molecule has 1 N–H and O–H groups in total. The summed E-state index contributed by atoms with van der Waals surface area (Å²) < 4.78 is 22.0. The average Bonchev–Trinajstić information content (AvgIpc) is 2.86. The van der Waals surface area contributed by atoms with E-state index >= 15 is 0 Å². The molecule has 0 bridgehead atoms. The second-order valence-corrected chi connectivity index (χ2v) is 6.64. The molecule has 0 radical (unpaired) electrons. The lowest BCUT2D eigenvalue weighted by Crippen LogP contribution is -2.25. The zero-order chi connectivity index (χ0) is 10.6. The molecule has 1 aliphatic carbocycles. The maximum Gasteiger partial charge on any atom is 0.147 e. The van der Waals surface area contributed by atoms with Gasteiger partial charge in [0, 0.05) is 12.3 Å². The first kappa shape index (κ1) is 12.0. The van der Waals surface area contributed by atoms with Crippen LogP contribution in [0.3, 0.4) is 0 Å². The number of hydrogen-bond donors (Lipinski definition) is 1. The summed E-state index contributed by atoms with van der Waals surface area (Å²) in [6.45, 7) is 3.11. The molecule has 0 saturated heterocycles. The van der Waals surface area contributed by atoms with E-state index in [1.54, 1.807) is 0 Å². The van der Waals surface area contributed by atoms with E-state index in [9.17, 15) is 8.42 Å². The van der Waals surface area contributed by atoms with E-state index in [0.717, 1.165) is 25.4 Å². The van der Waals surface area contributed by atoms with Gasteiger partial charge in [0.1, 0.15) is 9.84 Å². The van der Waals surface area contributed by atoms with Crippen molar-refractivity contribution in [3.05, 3.63) is 0 Å². The van der Waals surface area contributed by atoms with Gasteiger partial charge in [-0.15, -0.1) is 0 Å². The van der Waals surface area contributed by atoms with Crippen molar-refractivity contribution >= 4 is 9.84 Å². The second-order valence-electron chi connectivity index (χ2n) is 4.38. The monoisotopic (exact) mass is 219 g/mol. The molecule has 0 amide bonds. The van der Waals surface area contributed by atoms with Crippen LogP contribution in [0.5, 0.6) is 0 Å². The van der Waals surface area contributed by atoms with Gasteiger partial charge in [0.15, 0.2) is 0 Å². The van der Waals surface area contributed by atoms with Gasteiger partial charge in [0.2, 0.25) is 0 Å². The molecule has 0 aromatic carbocycles. The fraction of sp³-hybridized carbons (Fsp3) is 1.00. The highest BCUT2D eigenvalue weighted by atomic mass is 32.2. The van der Waals surface area contributed by atoms with Crippen LogP contribution < -0.4 is 5.32 Å². The summed E-state index contributed by atoms with van der Waals surface area (Å²) in [5.74, 6) is 0.850. The molecule has 0 aromatic heterocycles. The van der Waals surface area contributed by atoms with E-state index in [1.807, 2.05) is 0 Å². The third kappa shape index (κ3) is 5.60. The smallest absolute Gasteiger partial charge is 0.147 e. The fourth-order valence-electron chi connectivity index (χ4n) is 1.45. The summed E-state index contributed by atoms with van der Waals surface area (Å²) in [6.07, 6.45) is 5.77. The van der Waals surface area contributed by atoms with Crippen LogP contribution in [0.25, 0.3) is 0 Å². The Labute approximate surface area is 87.2 Å². The normalized spacial score (nSPS) is 19.6. The zero-order valence-corrected chi connectivity index (χ0v) is 9.94. The van der Waals surface area contributed by atoms with Crippen LogP contribution in [0.2, 0.25) is 0 Å². The van der Waals surface area contributed by atoms with E-state index < -0.39 is 9.84 Å². The maximum atomic E-state index is 11.0. The van der Waals surface area contributed by atoms with Crippen molar-refractivity contribution in [2.75, 3.05) is 18.6 Å². The molecule has 1 fully saturated rings. The zero-order valence-electron chi connectivity index (χ0n) is 9.12. The molecular weight excluding hydrogens is 198 g/mol. The molecule has 0 aliphatic heterocycles. The molecule has 0 heterocycles. The topological polar surface area (TPSA) is 46.2 Å². The van der Waals surface area contributed by atoms with Crippen LogP contribution >= 0.6 is 0 Å². The van der Waals surface area contributed by atoms with Crippen LogP contribution in [0.4, 0.5) is 0 Å². The van der Waals surface area contributed by atoms with Crippen molar-refractivity contribution in [3.63, 3.8) is 0 Å². The van der Waals surface area contributed by atoms with Crippen molar-refractivity contribution in [3.8, 4) is 0 Å². The largest absolute Gasteiger partial charge is 0.314 e. The summed E-state index contributed by atoms with van der Waals surface area (Å²) in [4.78, 5) is 0. The van der Waals surface area contributed by atoms with Gasteiger partial charge < -0.3 is 5.32 Å². The Bertz CT molecular complexity index is 257. The van der Waals surface area contributed by atoms with Gasteiger partial charge in [-0.25, -0.2) is 8.42 Å². The molecule has 1 unspecified atom stereocenters. The Balaban J connectivity index is 2.16. The lowest BCUT2D eigenvalue weighted by molar-refractivity contribution is 0.447. The lowest BCUT2D eigenvalue weighted by atomic mass is 10.0. The lowest BCUT2D eigenvalue weighted by Gasteiger charge is -2.14. The van der Waals surface area contributed by atoms with Gasteiger partial charge in [0.25, 0.3) is 0 Å². The molecule has 0 spiro atoms. The Morgan fingerprint density at radius 2 is 2.07 bits per heavy atom. The molecule has 3 nitrogen and oxygen atoms in total. The van der Waals surface area contributed by atoms with Crippen LogP contribution in [0, 0.1) is 5.92 Å². The van der Waals surface area contributed by atoms with Crippen molar-refractivity contribution in [2.45, 2.75) is 38.6 Å². The number of nitrogens with one attached hydrogen (secondary N) is 1. The number of rotatable bonds is 7. The van der Waals surface area contributed by atoms with E-state index in [4.69, 9.17) is 0 Å². The van der Waals surface area contributed by atoms with Crippen LogP contribution in [-0.4, -0.2) is 33.0 Å². The predicted octanol–water partition coefficient (Wildman–Crippen LogP) is 1.20. The van der Waals surface area contributed by atoms with Gasteiger partial charge >= 0.3 is 0 Å². The van der Waals surface area contributed by atoms with E-state index in [1.165, 1.54) is 19.1 Å². The third-order valence-corrected chi connectivity index (χ3v) is 3.72. The van der Waals surface area contributed by atoms with Crippen LogP contribution in [-0.2, 0) is 9.84 Å². The molecule has 1 rings (SSSR count). The van der Waals surface area contributed by atoms with E-state index in [0.29, 0.717) is 11.7 Å². The van der Waals surface area contributed by atoms with Crippen molar-refractivity contribution in [1.82, 2.24) is 5.32 Å². The van der Waals surface area contributed by atoms with E-state index in [2.05, 4.69) is 12.2 Å². The first-order chi connectivity index (χ1) is 6.51. The predicted molar refractivity (Wildman–Crippen MR) is 59.1 cm³/mol. The fourth-order valence-corrected chi connectivity index (χ4v) is 2.21. The summed E-state index contributed by atoms with van der Waals surface area (Å²) in [5.41, 5.74) is 0. The summed E-state index contributed by atoms with van der Waals surface area (Å²) in [5, 5.41) is 3.45. The minimum absolute atomic E-state index is 0.331. The number of sulfone groups is 1. The van der Waals surface area contributed by atoms with Crippen molar-refractivity contribution in [1.29, 1.82) is 0 Å². The molecule has 1 aliphatic rings. The molecular formula is C10H21NO2S. The molecule has 14 heavy (non-hydrogen) atoms. The highest BCUT2D eigenvalue weighted by molar-refractivity contribution is 7.90. The van der Waals surface area contributed by atoms with Crippen LogP contribution in [0.15, 0.2) is 0 Å². The average molecular weight is 219 g/mol. The molecule has 4 heteroatoms. The summed E-state index contributed by atoms with van der Waals surface area (Å²) >= 11 is 0. The highest BCUT2D eigenvalue weighted by Crippen LogP contribution is 2.19. The van der Waals surface area contributed by atoms with Gasteiger partial charge in [-0.05, 0) is 31.7 Å². The van der Waals surface area contributed by atoms with Crippen molar-refractivity contribution in [2.24, 2.45) is 5.92 Å². The van der Waals surface area contributed by atoms with E-state index in [-0.39, 0.29) is 0 Å². The summed E-state index contributed by atoms with van der Waals surface area (Å²) in [6, 6.07) is 0.724. The van der Waals surface area contributed by atoms with Gasteiger partial charge in [0.05, 0.1) is 5.75 Å². The van der Waals surface area contributed by atoms with Crippen molar-refractivity contribution < 1.29 is 8.42 Å². The van der Waals surface area contributed by atoms with Gasteiger partial charge in [-0.3, -0.25) is 0 Å². The summed E-state index contributed by atoms with van der Waals surface area (Å²) in [7, 11) is -2.78. The van der Waals surface area contributed by atoms with Gasteiger partial charge in [-0.1, -0.05) is 13.3 Å². The van der Waals surface area contributed by atoms with Crippen LogP contribution in [0.1, 0.15) is 32.6 Å². The first-order valence-electron chi connectivity index (χ1n) is 5.42. The highest BCUT2D eigenvalue weighted by Gasteiger charge is 2.21. The standard InChI is InChI=1S/C10H21NO2S/c1-3-9(6-7-14(2,12)13)8-11-10-4-5-10/h9-11H,3-8H2,1-2H3. The Kier molecular flexibility index (Phi) is 4.38. The second kappa shape index (κ2) is 5.12. The molecule has 0 aromatic rings. The molecule has 84 valence electrons. The Morgan fingerprint density at radius 1 is 1.43 bits per heavy atom.